The maximum absolute atomic E-state index is 12.3. The summed E-state index contributed by atoms with van der Waals surface area (Å²) in [5, 5.41) is 0. The number of carbonyl (C=O) groups is 1. The van der Waals surface area contributed by atoms with Crippen LogP contribution in [0.2, 0.25) is 0 Å². The van der Waals surface area contributed by atoms with Crippen molar-refractivity contribution in [3.05, 3.63) is 66.7 Å². The van der Waals surface area contributed by atoms with E-state index in [1.54, 1.807) is 54.6 Å². The topological polar surface area (TPSA) is 44.8 Å². The van der Waals surface area contributed by atoms with Gasteiger partial charge in [0.15, 0.2) is 11.5 Å². The molecule has 0 aromatic heterocycles. The quantitative estimate of drug-likeness (QED) is 0.463. The van der Waals surface area contributed by atoms with Gasteiger partial charge in [0.1, 0.15) is 17.9 Å². The summed E-state index contributed by atoms with van der Waals surface area (Å²) in [7, 11) is 1.52. The first-order chi connectivity index (χ1) is 10.3. The Hall–Kier alpha value is -2.75. The number of rotatable bonds is 6. The van der Waals surface area contributed by atoms with Crippen LogP contribution in [0.4, 0.5) is 0 Å². The number of hydrogen-bond donors (Lipinski definition) is 0. The summed E-state index contributed by atoms with van der Waals surface area (Å²) in [4.78, 5) is 12.3. The summed E-state index contributed by atoms with van der Waals surface area (Å²) in [5.41, 5.74) is 0.352. The van der Waals surface area contributed by atoms with E-state index in [-0.39, 0.29) is 0 Å². The van der Waals surface area contributed by atoms with Gasteiger partial charge in [-0.05, 0) is 24.3 Å². The van der Waals surface area contributed by atoms with Gasteiger partial charge in [0, 0.05) is 0 Å². The zero-order valence-corrected chi connectivity index (χ0v) is 11.7. The fourth-order valence-corrected chi connectivity index (χ4v) is 1.77. The van der Waals surface area contributed by atoms with Crippen molar-refractivity contribution < 1.29 is 19.0 Å². The van der Waals surface area contributed by atoms with E-state index in [4.69, 9.17) is 14.2 Å². The molecule has 0 radical (unpaired) electrons. The van der Waals surface area contributed by atoms with E-state index in [0.29, 0.717) is 29.4 Å². The molecule has 21 heavy (non-hydrogen) atoms. The average Bonchev–Trinajstić information content (AvgIpc) is 2.53. The highest BCUT2D eigenvalue weighted by Gasteiger charge is 2.16. The monoisotopic (exact) mass is 284 g/mol. The molecule has 0 aliphatic heterocycles. The van der Waals surface area contributed by atoms with Gasteiger partial charge >= 0.3 is 5.97 Å². The van der Waals surface area contributed by atoms with Crippen molar-refractivity contribution in [3.8, 4) is 17.2 Å². The van der Waals surface area contributed by atoms with E-state index in [9.17, 15) is 4.79 Å². The molecule has 0 saturated carbocycles. The summed E-state index contributed by atoms with van der Waals surface area (Å²) in [5.74, 6) is 0.815. The largest absolute Gasteiger partial charge is 0.493 e. The Kier molecular flexibility index (Phi) is 4.99. The van der Waals surface area contributed by atoms with Crippen molar-refractivity contribution in [1.29, 1.82) is 0 Å². The molecule has 0 unspecified atom stereocenters. The fraction of sp³-hybridized carbons (Fsp3) is 0.118. The summed E-state index contributed by atoms with van der Waals surface area (Å²) in [6, 6.07) is 13.9. The molecular weight excluding hydrogens is 268 g/mol. The van der Waals surface area contributed by atoms with Gasteiger partial charge in [-0.15, -0.1) is 0 Å². The smallest absolute Gasteiger partial charge is 0.347 e. The van der Waals surface area contributed by atoms with Crippen LogP contribution in [-0.2, 0) is 0 Å². The van der Waals surface area contributed by atoms with E-state index < -0.39 is 5.97 Å². The zero-order chi connectivity index (χ0) is 15.1. The van der Waals surface area contributed by atoms with Crippen LogP contribution in [-0.4, -0.2) is 19.7 Å². The van der Waals surface area contributed by atoms with E-state index in [2.05, 4.69) is 6.58 Å². The average molecular weight is 284 g/mol. The third-order valence-electron chi connectivity index (χ3n) is 2.74. The highest BCUT2D eigenvalue weighted by atomic mass is 16.6. The number of methoxy groups -OCH3 is 1. The molecule has 0 aliphatic rings. The number of para-hydroxylation sites is 3. The summed E-state index contributed by atoms with van der Waals surface area (Å²) in [6.07, 6.45) is 1.61. The normalized spacial score (nSPS) is 9.76. The van der Waals surface area contributed by atoms with Gasteiger partial charge in [-0.25, -0.2) is 4.79 Å². The molecule has 0 aliphatic carbocycles. The lowest BCUT2D eigenvalue weighted by Gasteiger charge is -2.11. The van der Waals surface area contributed by atoms with Crippen molar-refractivity contribution in [2.24, 2.45) is 0 Å². The molecule has 0 heterocycles. The van der Waals surface area contributed by atoms with Crippen molar-refractivity contribution in [1.82, 2.24) is 0 Å². The van der Waals surface area contributed by atoms with E-state index in [0.717, 1.165) is 0 Å². The number of benzene rings is 2. The maximum Gasteiger partial charge on any atom is 0.347 e. The lowest BCUT2D eigenvalue weighted by Crippen LogP contribution is -2.11. The van der Waals surface area contributed by atoms with Gasteiger partial charge in [-0.2, -0.15) is 0 Å². The van der Waals surface area contributed by atoms with Crippen molar-refractivity contribution in [3.63, 3.8) is 0 Å². The van der Waals surface area contributed by atoms with Gasteiger partial charge in [0.05, 0.1) is 7.11 Å². The van der Waals surface area contributed by atoms with Crippen LogP contribution in [0.3, 0.4) is 0 Å². The Balaban J connectivity index is 2.22. The number of carbonyl (C=O) groups excluding carboxylic acids is 1. The van der Waals surface area contributed by atoms with Crippen molar-refractivity contribution in [2.75, 3.05) is 13.7 Å². The summed E-state index contributed by atoms with van der Waals surface area (Å²) < 4.78 is 16.0. The van der Waals surface area contributed by atoms with Gasteiger partial charge in [0.25, 0.3) is 0 Å². The van der Waals surface area contributed by atoms with E-state index in [1.165, 1.54) is 7.11 Å². The molecule has 2 rings (SSSR count). The Morgan fingerprint density at radius 3 is 2.33 bits per heavy atom. The lowest BCUT2D eigenvalue weighted by atomic mass is 10.2. The fourth-order valence-electron chi connectivity index (χ4n) is 1.77. The van der Waals surface area contributed by atoms with Gasteiger partial charge in [-0.3, -0.25) is 0 Å². The third-order valence-corrected chi connectivity index (χ3v) is 2.74. The van der Waals surface area contributed by atoms with Crippen LogP contribution in [0, 0.1) is 0 Å². The minimum atomic E-state index is -0.501. The molecule has 2 aromatic carbocycles. The predicted octanol–water partition coefficient (Wildman–Crippen LogP) is 3.48. The SMILES string of the molecule is C=CCOc1ccccc1C(=O)Oc1ccccc1OC. The lowest BCUT2D eigenvalue weighted by molar-refractivity contribution is 0.0725. The molecule has 4 heteroatoms. The van der Waals surface area contributed by atoms with Crippen LogP contribution >= 0.6 is 0 Å². The predicted molar refractivity (Wildman–Crippen MR) is 80.1 cm³/mol. The first kappa shape index (κ1) is 14.7. The molecule has 2 aromatic rings. The molecule has 0 atom stereocenters. The second-order valence-corrected chi connectivity index (χ2v) is 4.14. The molecule has 108 valence electrons. The Labute approximate surface area is 123 Å². The number of esters is 1. The van der Waals surface area contributed by atoms with Crippen LogP contribution in [0.5, 0.6) is 17.2 Å². The minimum absolute atomic E-state index is 0.318. The Bertz CT molecular complexity index is 634. The van der Waals surface area contributed by atoms with Crippen LogP contribution in [0.15, 0.2) is 61.2 Å². The molecule has 0 amide bonds. The van der Waals surface area contributed by atoms with E-state index >= 15 is 0 Å². The van der Waals surface area contributed by atoms with Crippen LogP contribution in [0.25, 0.3) is 0 Å². The van der Waals surface area contributed by atoms with Crippen molar-refractivity contribution >= 4 is 5.97 Å². The third kappa shape index (κ3) is 3.63. The van der Waals surface area contributed by atoms with Gasteiger partial charge in [0.2, 0.25) is 0 Å². The molecule has 4 nitrogen and oxygen atoms in total. The molecular formula is C17H16O4. The summed E-state index contributed by atoms with van der Waals surface area (Å²) in [6.45, 7) is 3.90. The second kappa shape index (κ2) is 7.14. The Morgan fingerprint density at radius 1 is 1.05 bits per heavy atom. The second-order valence-electron chi connectivity index (χ2n) is 4.14. The molecule has 0 bridgehead atoms. The highest BCUT2D eigenvalue weighted by Crippen LogP contribution is 2.28. The van der Waals surface area contributed by atoms with Gasteiger partial charge in [-0.1, -0.05) is 36.9 Å². The molecule has 0 spiro atoms. The standard InChI is InChI=1S/C17H16O4/c1-3-12-20-14-9-5-4-8-13(14)17(18)21-16-11-7-6-10-15(16)19-2/h3-11H,1,12H2,2H3. The minimum Gasteiger partial charge on any atom is -0.493 e. The van der Waals surface area contributed by atoms with Crippen molar-refractivity contribution in [2.45, 2.75) is 0 Å². The van der Waals surface area contributed by atoms with E-state index in [1.807, 2.05) is 0 Å². The number of ether oxygens (including phenoxy) is 3. The molecule has 0 saturated heterocycles. The summed E-state index contributed by atoms with van der Waals surface area (Å²) >= 11 is 0. The maximum atomic E-state index is 12.3. The first-order valence-electron chi connectivity index (χ1n) is 6.44. The Morgan fingerprint density at radius 2 is 1.67 bits per heavy atom. The number of hydrogen-bond acceptors (Lipinski definition) is 4. The van der Waals surface area contributed by atoms with Crippen LogP contribution < -0.4 is 14.2 Å². The van der Waals surface area contributed by atoms with Gasteiger partial charge < -0.3 is 14.2 Å². The molecule has 0 N–H and O–H groups in total. The first-order valence-corrected chi connectivity index (χ1v) is 6.44. The zero-order valence-electron chi connectivity index (χ0n) is 11.7. The van der Waals surface area contributed by atoms with Crippen LogP contribution in [0.1, 0.15) is 10.4 Å². The molecule has 0 fully saturated rings. The highest BCUT2D eigenvalue weighted by molar-refractivity contribution is 5.94.